The number of aliphatic hydroxyl groups is 1. The molecule has 3 aromatic rings. The van der Waals surface area contributed by atoms with Gasteiger partial charge in [-0.3, -0.25) is 4.98 Å². The van der Waals surface area contributed by atoms with Crippen molar-refractivity contribution in [1.29, 1.82) is 0 Å². The number of hydrogen-bond donors (Lipinski definition) is 1. The molecule has 0 fully saturated rings. The molecule has 0 atom stereocenters. The molecule has 0 amide bonds. The number of hydrogen-bond acceptors (Lipinski definition) is 4. The largest absolute Gasteiger partial charge is 0.396 e. The van der Waals surface area contributed by atoms with Gasteiger partial charge in [0.05, 0.1) is 18.8 Å². The Labute approximate surface area is 179 Å². The van der Waals surface area contributed by atoms with Gasteiger partial charge in [-0.15, -0.1) is 0 Å². The number of halogens is 2. The fourth-order valence-electron chi connectivity index (χ4n) is 2.99. The molecule has 0 spiro atoms. The minimum atomic E-state index is 0.0493. The van der Waals surface area contributed by atoms with Crippen LogP contribution in [0.25, 0.3) is 0 Å². The van der Waals surface area contributed by atoms with Gasteiger partial charge in [-0.05, 0) is 42.7 Å². The van der Waals surface area contributed by atoms with Crippen LogP contribution in [0.1, 0.15) is 42.5 Å². The van der Waals surface area contributed by atoms with Crippen LogP contribution in [0.4, 0.5) is 0 Å². The summed E-state index contributed by atoms with van der Waals surface area (Å²) in [5, 5.41) is 11.8. The summed E-state index contributed by atoms with van der Waals surface area (Å²) in [6.45, 7) is 6.95. The Kier molecular flexibility index (Phi) is 7.05. The van der Waals surface area contributed by atoms with E-state index >= 15 is 0 Å². The van der Waals surface area contributed by atoms with Crippen molar-refractivity contribution in [3.05, 3.63) is 69.3 Å². The molecule has 4 nitrogen and oxygen atoms in total. The molecule has 148 valence electrons. The lowest BCUT2D eigenvalue weighted by Gasteiger charge is -2.14. The van der Waals surface area contributed by atoms with E-state index in [9.17, 15) is 5.11 Å². The van der Waals surface area contributed by atoms with Gasteiger partial charge in [0.1, 0.15) is 10.9 Å². The average molecular weight is 436 g/mol. The molecule has 2 heterocycles. The van der Waals surface area contributed by atoms with E-state index in [1.807, 2.05) is 25.1 Å². The first kappa shape index (κ1) is 21.2. The molecule has 3 rings (SSSR count). The quantitative estimate of drug-likeness (QED) is 0.512. The molecule has 0 bridgehead atoms. The molecule has 0 radical (unpaired) electrons. The second-order valence-corrected chi connectivity index (χ2v) is 8.82. The van der Waals surface area contributed by atoms with Crippen LogP contribution >= 0.6 is 35.0 Å². The molecule has 0 saturated heterocycles. The van der Waals surface area contributed by atoms with Gasteiger partial charge >= 0.3 is 0 Å². The molecule has 0 aliphatic carbocycles. The molecular formula is C21H23Cl2N3OS. The van der Waals surface area contributed by atoms with Crippen molar-refractivity contribution in [3.63, 3.8) is 0 Å². The van der Waals surface area contributed by atoms with Gasteiger partial charge in [0.15, 0.2) is 0 Å². The maximum atomic E-state index is 9.56. The monoisotopic (exact) mass is 435 g/mol. The van der Waals surface area contributed by atoms with E-state index in [1.54, 1.807) is 24.0 Å². The first-order valence-corrected chi connectivity index (χ1v) is 10.7. The Hall–Kier alpha value is -1.53. The zero-order valence-electron chi connectivity index (χ0n) is 16.1. The van der Waals surface area contributed by atoms with Crippen molar-refractivity contribution in [3.8, 4) is 0 Å². The third-order valence-corrected chi connectivity index (χ3v) is 5.93. The first-order chi connectivity index (χ1) is 13.4. The van der Waals surface area contributed by atoms with E-state index < -0.39 is 0 Å². The molecule has 0 aliphatic rings. The Morgan fingerprint density at radius 1 is 1.18 bits per heavy atom. The van der Waals surface area contributed by atoms with Crippen molar-refractivity contribution in [1.82, 2.24) is 14.5 Å². The Morgan fingerprint density at radius 3 is 2.50 bits per heavy atom. The van der Waals surface area contributed by atoms with Gasteiger partial charge in [-0.25, -0.2) is 4.98 Å². The maximum Gasteiger partial charge on any atom is 0.112 e. The molecule has 2 aromatic heterocycles. The smallest absolute Gasteiger partial charge is 0.112 e. The number of rotatable bonds is 7. The van der Waals surface area contributed by atoms with Gasteiger partial charge in [0.2, 0.25) is 0 Å². The minimum absolute atomic E-state index is 0.0493. The van der Waals surface area contributed by atoms with Crippen LogP contribution in [-0.2, 0) is 13.0 Å². The molecule has 7 heteroatoms. The number of nitrogens with zero attached hydrogens (tertiary/aromatic N) is 3. The lowest BCUT2D eigenvalue weighted by Crippen LogP contribution is -2.09. The molecule has 0 unspecified atom stereocenters. The summed E-state index contributed by atoms with van der Waals surface area (Å²) >= 11 is 14.0. The zero-order chi connectivity index (χ0) is 20.3. The molecule has 0 aliphatic heterocycles. The number of imidazole rings is 1. The van der Waals surface area contributed by atoms with Crippen LogP contribution in [-0.4, -0.2) is 26.2 Å². The minimum Gasteiger partial charge on any atom is -0.396 e. The van der Waals surface area contributed by atoms with Crippen molar-refractivity contribution in [2.24, 2.45) is 0 Å². The topological polar surface area (TPSA) is 50.9 Å². The summed E-state index contributed by atoms with van der Waals surface area (Å²) in [6.07, 6.45) is 2.29. The first-order valence-electron chi connectivity index (χ1n) is 9.13. The number of aliphatic hydroxyl groups excluding tert-OH is 1. The lowest BCUT2D eigenvalue weighted by atomic mass is 10.1. The highest BCUT2D eigenvalue weighted by molar-refractivity contribution is 7.99. The second kappa shape index (κ2) is 9.31. The molecule has 1 aromatic carbocycles. The summed E-state index contributed by atoms with van der Waals surface area (Å²) in [7, 11) is 0. The predicted octanol–water partition coefficient (Wildman–Crippen LogP) is 5.75. The highest BCUT2D eigenvalue weighted by Gasteiger charge is 2.21. The highest BCUT2D eigenvalue weighted by atomic mass is 35.5. The number of pyridine rings is 1. The van der Waals surface area contributed by atoms with Crippen LogP contribution in [0.3, 0.4) is 0 Å². The Morgan fingerprint density at radius 2 is 1.89 bits per heavy atom. The van der Waals surface area contributed by atoms with Crippen LogP contribution in [0.15, 0.2) is 46.5 Å². The summed E-state index contributed by atoms with van der Waals surface area (Å²) in [5.41, 5.74) is 3.12. The van der Waals surface area contributed by atoms with Gasteiger partial charge < -0.3 is 9.67 Å². The van der Waals surface area contributed by atoms with Gasteiger partial charge in [0, 0.05) is 33.3 Å². The highest BCUT2D eigenvalue weighted by Crippen LogP contribution is 2.37. The molecule has 0 saturated carbocycles. The van der Waals surface area contributed by atoms with Crippen molar-refractivity contribution in [2.75, 3.05) is 6.61 Å². The SMILES string of the molecule is Cc1ncccc1Cn1c(CCO)nc(C(C)C)c1Sc1cc(Cl)cc(Cl)c1. The predicted molar refractivity (Wildman–Crippen MR) is 116 cm³/mol. The van der Waals surface area contributed by atoms with Crippen LogP contribution in [0.2, 0.25) is 10.0 Å². The molecular weight excluding hydrogens is 413 g/mol. The van der Waals surface area contributed by atoms with Gasteiger partial charge in [0.25, 0.3) is 0 Å². The second-order valence-electron chi connectivity index (χ2n) is 6.89. The number of aryl methyl sites for hydroxylation is 1. The van der Waals surface area contributed by atoms with E-state index in [0.29, 0.717) is 23.0 Å². The van der Waals surface area contributed by atoms with Crippen molar-refractivity contribution >= 4 is 35.0 Å². The van der Waals surface area contributed by atoms with Crippen molar-refractivity contribution in [2.45, 2.75) is 49.6 Å². The normalized spacial score (nSPS) is 11.4. The van der Waals surface area contributed by atoms with E-state index in [0.717, 1.165) is 32.7 Å². The van der Waals surface area contributed by atoms with Crippen molar-refractivity contribution < 1.29 is 5.11 Å². The number of benzene rings is 1. The van der Waals surface area contributed by atoms with E-state index in [4.69, 9.17) is 28.2 Å². The third kappa shape index (κ3) is 4.90. The van der Waals surface area contributed by atoms with Gasteiger partial charge in [-0.1, -0.05) is 54.9 Å². The average Bonchev–Trinajstić information content (AvgIpc) is 2.94. The summed E-state index contributed by atoms with van der Waals surface area (Å²) in [6, 6.07) is 9.55. The van der Waals surface area contributed by atoms with Crippen LogP contribution in [0.5, 0.6) is 0 Å². The van der Waals surface area contributed by atoms with Crippen LogP contribution < -0.4 is 0 Å². The zero-order valence-corrected chi connectivity index (χ0v) is 18.4. The number of aromatic nitrogens is 3. The van der Waals surface area contributed by atoms with Gasteiger partial charge in [-0.2, -0.15) is 0 Å². The summed E-state index contributed by atoms with van der Waals surface area (Å²) in [4.78, 5) is 10.2. The fourth-order valence-corrected chi connectivity index (χ4v) is 4.91. The standard InChI is InChI=1S/C21H23Cl2N3OS/c1-13(2)20-21(28-18-10-16(22)9-17(23)11-18)26(19(25-20)6-8-27)12-15-5-4-7-24-14(15)3/h4-5,7,9-11,13,27H,6,8,12H2,1-3H3. The lowest BCUT2D eigenvalue weighted by molar-refractivity contribution is 0.294. The third-order valence-electron chi connectivity index (χ3n) is 4.40. The fraction of sp³-hybridized carbons (Fsp3) is 0.333. The van der Waals surface area contributed by atoms with E-state index in [1.165, 1.54) is 0 Å². The van der Waals surface area contributed by atoms with E-state index in [2.05, 4.69) is 29.5 Å². The Balaban J connectivity index is 2.10. The van der Waals surface area contributed by atoms with E-state index in [-0.39, 0.29) is 12.5 Å². The maximum absolute atomic E-state index is 9.56. The summed E-state index contributed by atoms with van der Waals surface area (Å²) < 4.78 is 2.18. The van der Waals surface area contributed by atoms with Crippen LogP contribution in [0, 0.1) is 6.92 Å². The summed E-state index contributed by atoms with van der Waals surface area (Å²) in [5.74, 6) is 1.11. The Bertz CT molecular complexity index is 952. The molecule has 1 N–H and O–H groups in total. The molecule has 28 heavy (non-hydrogen) atoms.